The summed E-state index contributed by atoms with van der Waals surface area (Å²) in [6.45, 7) is -0.310. The zero-order valence-electron chi connectivity index (χ0n) is 11.9. The van der Waals surface area contributed by atoms with Crippen molar-refractivity contribution >= 4 is 17.8 Å². The predicted molar refractivity (Wildman–Crippen MR) is 77.8 cm³/mol. The molecule has 0 saturated heterocycles. The first-order valence-electron chi connectivity index (χ1n) is 6.77. The summed E-state index contributed by atoms with van der Waals surface area (Å²) in [5.74, 6) is -2.17. The number of carbonyl (C=O) groups is 3. The van der Waals surface area contributed by atoms with E-state index < -0.39 is 23.8 Å². The first-order valence-corrected chi connectivity index (χ1v) is 6.77. The van der Waals surface area contributed by atoms with Gasteiger partial charge in [0.15, 0.2) is 0 Å². The lowest BCUT2D eigenvalue weighted by molar-refractivity contribution is -0.141. The van der Waals surface area contributed by atoms with Crippen LogP contribution >= 0.6 is 0 Å². The van der Waals surface area contributed by atoms with Gasteiger partial charge in [-0.15, -0.1) is 0 Å². The molecule has 7 heteroatoms. The summed E-state index contributed by atoms with van der Waals surface area (Å²) in [5, 5.41) is 22.1. The number of nitrogens with zero attached hydrogens (tertiary/aromatic N) is 1. The van der Waals surface area contributed by atoms with E-state index in [9.17, 15) is 14.4 Å². The van der Waals surface area contributed by atoms with Crippen LogP contribution in [0.25, 0.3) is 0 Å². The molecule has 1 aromatic carbocycles. The molecule has 0 radical (unpaired) electrons. The number of nitriles is 1. The van der Waals surface area contributed by atoms with Gasteiger partial charge in [-0.25, -0.2) is 4.79 Å². The van der Waals surface area contributed by atoms with Gasteiger partial charge >= 0.3 is 5.97 Å². The fraction of sp³-hybridized carbons (Fsp3) is 0.333. The minimum Gasteiger partial charge on any atom is -0.480 e. The minimum absolute atomic E-state index is 0.168. The van der Waals surface area contributed by atoms with E-state index in [4.69, 9.17) is 10.4 Å². The smallest absolute Gasteiger partial charge is 0.326 e. The van der Waals surface area contributed by atoms with Crippen molar-refractivity contribution in [3.05, 3.63) is 35.9 Å². The maximum Gasteiger partial charge on any atom is 0.326 e. The van der Waals surface area contributed by atoms with Crippen molar-refractivity contribution in [2.24, 2.45) is 0 Å². The van der Waals surface area contributed by atoms with Crippen molar-refractivity contribution in [2.45, 2.75) is 25.3 Å². The lowest BCUT2D eigenvalue weighted by atomic mass is 10.1. The fourth-order valence-electron chi connectivity index (χ4n) is 1.74. The largest absolute Gasteiger partial charge is 0.480 e. The lowest BCUT2D eigenvalue weighted by Crippen LogP contribution is -2.45. The van der Waals surface area contributed by atoms with Crippen LogP contribution in [0.5, 0.6) is 0 Å². The Kier molecular flexibility index (Phi) is 7.13. The first kappa shape index (κ1) is 17.2. The van der Waals surface area contributed by atoms with Gasteiger partial charge in [0.25, 0.3) is 5.91 Å². The Hall–Kier alpha value is -2.88. The second kappa shape index (κ2) is 9.13. The maximum absolute atomic E-state index is 11.7. The van der Waals surface area contributed by atoms with E-state index in [0.29, 0.717) is 12.0 Å². The molecule has 22 heavy (non-hydrogen) atoms. The van der Waals surface area contributed by atoms with Gasteiger partial charge in [-0.1, -0.05) is 18.2 Å². The Bertz CT molecular complexity index is 566. The molecule has 3 N–H and O–H groups in total. The van der Waals surface area contributed by atoms with Crippen molar-refractivity contribution in [2.75, 3.05) is 6.54 Å². The van der Waals surface area contributed by atoms with Gasteiger partial charge in [-0.3, -0.25) is 9.59 Å². The SMILES string of the molecule is N#CCCC[C@H](NC(=O)CNC(=O)c1ccccc1)C(=O)O. The van der Waals surface area contributed by atoms with E-state index in [1.54, 1.807) is 30.3 Å². The monoisotopic (exact) mass is 303 g/mol. The Morgan fingerprint density at radius 3 is 2.50 bits per heavy atom. The van der Waals surface area contributed by atoms with Crippen molar-refractivity contribution in [1.29, 1.82) is 5.26 Å². The number of hydrogen-bond donors (Lipinski definition) is 3. The van der Waals surface area contributed by atoms with E-state index in [1.165, 1.54) is 0 Å². The van der Waals surface area contributed by atoms with E-state index >= 15 is 0 Å². The fourth-order valence-corrected chi connectivity index (χ4v) is 1.74. The molecule has 0 aliphatic heterocycles. The van der Waals surface area contributed by atoms with Crippen LogP contribution < -0.4 is 10.6 Å². The van der Waals surface area contributed by atoms with Gasteiger partial charge in [0, 0.05) is 12.0 Å². The molecule has 0 aliphatic carbocycles. The van der Waals surface area contributed by atoms with Crippen molar-refractivity contribution in [3.63, 3.8) is 0 Å². The van der Waals surface area contributed by atoms with Crippen molar-refractivity contribution in [1.82, 2.24) is 10.6 Å². The Labute approximate surface area is 127 Å². The standard InChI is InChI=1S/C15H17N3O4/c16-9-5-4-8-12(15(21)22)18-13(19)10-17-14(20)11-6-2-1-3-7-11/h1-3,6-7,12H,4-5,8,10H2,(H,17,20)(H,18,19)(H,21,22)/t12-/m0/s1. The van der Waals surface area contributed by atoms with Gasteiger partial charge in [0.1, 0.15) is 6.04 Å². The van der Waals surface area contributed by atoms with Crippen LogP contribution in [0.1, 0.15) is 29.6 Å². The van der Waals surface area contributed by atoms with E-state index in [0.717, 1.165) is 0 Å². The quantitative estimate of drug-likeness (QED) is 0.610. The van der Waals surface area contributed by atoms with Crippen LogP contribution in [-0.2, 0) is 9.59 Å². The third-order valence-corrected chi connectivity index (χ3v) is 2.86. The van der Waals surface area contributed by atoms with Crippen LogP contribution in [0, 0.1) is 11.3 Å². The molecule has 1 atom stereocenters. The first-order chi connectivity index (χ1) is 10.5. The maximum atomic E-state index is 11.7. The van der Waals surface area contributed by atoms with Gasteiger partial charge in [-0.2, -0.15) is 5.26 Å². The summed E-state index contributed by atoms with van der Waals surface area (Å²) in [6, 6.07) is 9.23. The topological polar surface area (TPSA) is 119 Å². The molecule has 0 fully saturated rings. The number of unbranched alkanes of at least 4 members (excludes halogenated alkanes) is 1. The molecule has 0 heterocycles. The van der Waals surface area contributed by atoms with E-state index in [1.807, 2.05) is 6.07 Å². The van der Waals surface area contributed by atoms with Gasteiger partial charge < -0.3 is 15.7 Å². The van der Waals surface area contributed by atoms with E-state index in [2.05, 4.69) is 10.6 Å². The summed E-state index contributed by atoms with van der Waals surface area (Å²) in [7, 11) is 0. The number of hydrogen-bond acceptors (Lipinski definition) is 4. The van der Waals surface area contributed by atoms with Gasteiger partial charge in [0.2, 0.25) is 5.91 Å². The molecule has 0 aliphatic rings. The number of rotatable bonds is 8. The number of benzene rings is 1. The van der Waals surface area contributed by atoms with Crippen LogP contribution in [0.15, 0.2) is 30.3 Å². The predicted octanol–water partition coefficient (Wildman–Crippen LogP) is 0.680. The highest BCUT2D eigenvalue weighted by Gasteiger charge is 2.19. The molecule has 0 bridgehead atoms. The third-order valence-electron chi connectivity index (χ3n) is 2.86. The number of aliphatic carboxylic acids is 1. The number of amides is 2. The summed E-state index contributed by atoms with van der Waals surface area (Å²) in [6.07, 6.45) is 0.774. The zero-order valence-corrected chi connectivity index (χ0v) is 11.9. The van der Waals surface area contributed by atoms with E-state index in [-0.39, 0.29) is 19.4 Å². The highest BCUT2D eigenvalue weighted by molar-refractivity contribution is 5.96. The number of carbonyl (C=O) groups excluding carboxylic acids is 2. The molecule has 116 valence electrons. The molecular weight excluding hydrogens is 286 g/mol. The average molecular weight is 303 g/mol. The van der Waals surface area contributed by atoms with Gasteiger partial charge in [-0.05, 0) is 25.0 Å². The molecule has 2 amide bonds. The average Bonchev–Trinajstić information content (AvgIpc) is 2.52. The summed E-state index contributed by atoms with van der Waals surface area (Å²) in [4.78, 5) is 34.4. The lowest BCUT2D eigenvalue weighted by Gasteiger charge is -2.14. The Morgan fingerprint density at radius 1 is 1.23 bits per heavy atom. The second-order valence-electron chi connectivity index (χ2n) is 4.56. The Balaban J connectivity index is 2.42. The molecule has 0 saturated carbocycles. The van der Waals surface area contributed by atoms with Crippen LogP contribution in [0.4, 0.5) is 0 Å². The summed E-state index contributed by atoms with van der Waals surface area (Å²) < 4.78 is 0. The Morgan fingerprint density at radius 2 is 1.91 bits per heavy atom. The molecule has 1 rings (SSSR count). The normalized spacial score (nSPS) is 11.0. The third kappa shape index (κ3) is 6.05. The molecule has 0 spiro atoms. The van der Waals surface area contributed by atoms with Crippen molar-refractivity contribution in [3.8, 4) is 6.07 Å². The number of carboxylic acids is 1. The molecular formula is C15H17N3O4. The van der Waals surface area contributed by atoms with Crippen LogP contribution in [0.2, 0.25) is 0 Å². The molecule has 7 nitrogen and oxygen atoms in total. The summed E-state index contributed by atoms with van der Waals surface area (Å²) >= 11 is 0. The van der Waals surface area contributed by atoms with Crippen molar-refractivity contribution < 1.29 is 19.5 Å². The highest BCUT2D eigenvalue weighted by atomic mass is 16.4. The van der Waals surface area contributed by atoms with Crippen LogP contribution in [-0.4, -0.2) is 35.5 Å². The summed E-state index contributed by atoms with van der Waals surface area (Å²) in [5.41, 5.74) is 0.416. The number of nitrogens with one attached hydrogen (secondary N) is 2. The molecule has 0 aromatic heterocycles. The van der Waals surface area contributed by atoms with Gasteiger partial charge in [0.05, 0.1) is 12.6 Å². The number of carboxylic acid groups (broad SMARTS) is 1. The minimum atomic E-state index is -1.17. The van der Waals surface area contributed by atoms with Crippen LogP contribution in [0.3, 0.4) is 0 Å². The molecule has 0 unspecified atom stereocenters. The highest BCUT2D eigenvalue weighted by Crippen LogP contribution is 2.01. The second-order valence-corrected chi connectivity index (χ2v) is 4.56. The zero-order chi connectivity index (χ0) is 16.4. The molecule has 1 aromatic rings.